The van der Waals surface area contributed by atoms with Crippen molar-refractivity contribution < 1.29 is 14.0 Å². The van der Waals surface area contributed by atoms with Crippen LogP contribution in [0.1, 0.15) is 24.4 Å². The summed E-state index contributed by atoms with van der Waals surface area (Å²) in [6.45, 7) is 2.24. The summed E-state index contributed by atoms with van der Waals surface area (Å²) < 4.78 is 13.3. The van der Waals surface area contributed by atoms with Gasteiger partial charge in [-0.15, -0.1) is 0 Å². The maximum Gasteiger partial charge on any atom is 0.313 e. The van der Waals surface area contributed by atoms with Crippen LogP contribution in [0.2, 0.25) is 0 Å². The average Bonchev–Trinajstić information content (AvgIpc) is 3.28. The minimum absolute atomic E-state index is 0.0236. The van der Waals surface area contributed by atoms with E-state index in [1.807, 2.05) is 18.2 Å². The molecular formula is C24H24FN3O2. The van der Waals surface area contributed by atoms with Crippen LogP contribution in [-0.4, -0.2) is 36.3 Å². The molecule has 0 saturated carbocycles. The lowest BCUT2D eigenvalue weighted by Crippen LogP contribution is -2.41. The third kappa shape index (κ3) is 4.49. The summed E-state index contributed by atoms with van der Waals surface area (Å²) in [5, 5.41) is 7.51. The van der Waals surface area contributed by atoms with Crippen LogP contribution in [0, 0.1) is 5.82 Å². The normalized spacial score (nSPS) is 15.1. The van der Waals surface area contributed by atoms with Crippen LogP contribution >= 0.6 is 0 Å². The maximum atomic E-state index is 13.3. The van der Waals surface area contributed by atoms with E-state index in [1.165, 1.54) is 24.3 Å². The van der Waals surface area contributed by atoms with E-state index in [-0.39, 0.29) is 11.7 Å². The molecule has 0 bridgehead atoms. The van der Waals surface area contributed by atoms with Crippen LogP contribution in [0.3, 0.4) is 0 Å². The number of fused-ring (bicyclic) bond motifs is 1. The Morgan fingerprint density at radius 1 is 0.933 bits per heavy atom. The maximum absolute atomic E-state index is 13.3. The summed E-state index contributed by atoms with van der Waals surface area (Å²) in [6, 6.07) is 19.8. The lowest BCUT2D eigenvalue weighted by atomic mass is 9.97. The highest BCUT2D eigenvalue weighted by Crippen LogP contribution is 2.30. The van der Waals surface area contributed by atoms with Crippen LogP contribution in [-0.2, 0) is 9.59 Å². The quantitative estimate of drug-likeness (QED) is 0.634. The highest BCUT2D eigenvalue weighted by Gasteiger charge is 2.26. The molecule has 0 aliphatic carbocycles. The average molecular weight is 405 g/mol. The van der Waals surface area contributed by atoms with Gasteiger partial charge in [-0.25, -0.2) is 4.39 Å². The van der Waals surface area contributed by atoms with Crippen molar-refractivity contribution in [2.24, 2.45) is 0 Å². The number of rotatable bonds is 5. The van der Waals surface area contributed by atoms with E-state index in [0.29, 0.717) is 6.54 Å². The SMILES string of the molecule is O=C(NC[C@H](c1cccc2ccccc12)N1CCCC1)C(=O)Nc1cccc(F)c1. The molecule has 3 aromatic rings. The van der Waals surface area contributed by atoms with E-state index in [1.54, 1.807) is 0 Å². The molecule has 0 radical (unpaired) electrons. The highest BCUT2D eigenvalue weighted by atomic mass is 19.1. The number of carbonyl (C=O) groups is 2. The zero-order valence-electron chi connectivity index (χ0n) is 16.6. The minimum atomic E-state index is -0.807. The smallest absolute Gasteiger partial charge is 0.313 e. The highest BCUT2D eigenvalue weighted by molar-refractivity contribution is 6.39. The molecule has 1 saturated heterocycles. The van der Waals surface area contributed by atoms with Crippen LogP contribution in [0.25, 0.3) is 10.8 Å². The fraction of sp³-hybridized carbons (Fsp3) is 0.250. The monoisotopic (exact) mass is 405 g/mol. The molecule has 0 aromatic heterocycles. The second-order valence-electron chi connectivity index (χ2n) is 7.50. The molecule has 5 nitrogen and oxygen atoms in total. The fourth-order valence-corrected chi connectivity index (χ4v) is 4.05. The van der Waals surface area contributed by atoms with Gasteiger partial charge in [0.2, 0.25) is 0 Å². The molecule has 3 aromatic carbocycles. The Balaban J connectivity index is 1.50. The molecule has 1 aliphatic rings. The van der Waals surface area contributed by atoms with Gasteiger partial charge in [-0.1, -0.05) is 48.5 Å². The van der Waals surface area contributed by atoms with Crippen molar-refractivity contribution in [1.29, 1.82) is 0 Å². The molecule has 1 aliphatic heterocycles. The van der Waals surface area contributed by atoms with Crippen LogP contribution < -0.4 is 10.6 Å². The zero-order chi connectivity index (χ0) is 20.9. The molecular weight excluding hydrogens is 381 g/mol. The summed E-state index contributed by atoms with van der Waals surface area (Å²) in [6.07, 6.45) is 2.24. The van der Waals surface area contributed by atoms with E-state index in [0.717, 1.165) is 42.3 Å². The number of hydrogen-bond acceptors (Lipinski definition) is 3. The van der Waals surface area contributed by atoms with E-state index in [4.69, 9.17) is 0 Å². The summed E-state index contributed by atoms with van der Waals surface area (Å²) in [4.78, 5) is 27.0. The number of halogens is 1. The van der Waals surface area contributed by atoms with Gasteiger partial charge in [0.25, 0.3) is 0 Å². The van der Waals surface area contributed by atoms with Crippen molar-refractivity contribution >= 4 is 28.3 Å². The van der Waals surface area contributed by atoms with E-state index >= 15 is 0 Å². The van der Waals surface area contributed by atoms with Crippen LogP contribution in [0.15, 0.2) is 66.7 Å². The van der Waals surface area contributed by atoms with Crippen molar-refractivity contribution in [3.8, 4) is 0 Å². The number of nitrogens with zero attached hydrogens (tertiary/aromatic N) is 1. The number of anilines is 1. The molecule has 154 valence electrons. The largest absolute Gasteiger partial charge is 0.346 e. The van der Waals surface area contributed by atoms with E-state index in [9.17, 15) is 14.0 Å². The lowest BCUT2D eigenvalue weighted by Gasteiger charge is -2.29. The molecule has 6 heteroatoms. The fourth-order valence-electron chi connectivity index (χ4n) is 4.05. The number of benzene rings is 3. The number of amides is 2. The Kier molecular flexibility index (Phi) is 6.05. The summed E-state index contributed by atoms with van der Waals surface area (Å²) >= 11 is 0. The molecule has 0 spiro atoms. The van der Waals surface area contributed by atoms with E-state index in [2.05, 4.69) is 39.8 Å². The minimum Gasteiger partial charge on any atom is -0.346 e. The van der Waals surface area contributed by atoms with Gasteiger partial charge in [0.15, 0.2) is 0 Å². The van der Waals surface area contributed by atoms with Gasteiger partial charge < -0.3 is 10.6 Å². The third-order valence-corrected chi connectivity index (χ3v) is 5.51. The predicted octanol–water partition coefficient (Wildman–Crippen LogP) is 3.87. The summed E-state index contributed by atoms with van der Waals surface area (Å²) in [7, 11) is 0. The molecule has 2 amide bonds. The van der Waals surface area contributed by atoms with E-state index < -0.39 is 17.6 Å². The molecule has 4 rings (SSSR count). The van der Waals surface area contributed by atoms with Gasteiger partial charge in [-0.05, 0) is 60.5 Å². The van der Waals surface area contributed by atoms with Crippen LogP contribution in [0.4, 0.5) is 10.1 Å². The summed E-state index contributed by atoms with van der Waals surface area (Å²) in [5.41, 5.74) is 1.39. The van der Waals surface area contributed by atoms with Crippen LogP contribution in [0.5, 0.6) is 0 Å². The van der Waals surface area contributed by atoms with Gasteiger partial charge in [-0.3, -0.25) is 14.5 Å². The van der Waals surface area contributed by atoms with Crippen molar-refractivity contribution in [3.05, 3.63) is 78.1 Å². The van der Waals surface area contributed by atoms with Gasteiger partial charge in [0, 0.05) is 12.2 Å². The molecule has 1 atom stereocenters. The van der Waals surface area contributed by atoms with Crippen molar-refractivity contribution in [3.63, 3.8) is 0 Å². The Morgan fingerprint density at radius 3 is 2.47 bits per heavy atom. The predicted molar refractivity (Wildman–Crippen MR) is 116 cm³/mol. The number of hydrogen-bond donors (Lipinski definition) is 2. The zero-order valence-corrected chi connectivity index (χ0v) is 16.6. The lowest BCUT2D eigenvalue weighted by molar-refractivity contribution is -0.136. The van der Waals surface area contributed by atoms with Crippen molar-refractivity contribution in [1.82, 2.24) is 10.2 Å². The number of nitrogens with one attached hydrogen (secondary N) is 2. The van der Waals surface area contributed by atoms with Gasteiger partial charge in [0.1, 0.15) is 5.82 Å². The Bertz CT molecular complexity index is 1060. The second kappa shape index (κ2) is 9.05. The van der Waals surface area contributed by atoms with Crippen molar-refractivity contribution in [2.75, 3.05) is 25.0 Å². The number of carbonyl (C=O) groups excluding carboxylic acids is 2. The Labute approximate surface area is 174 Å². The molecule has 30 heavy (non-hydrogen) atoms. The Hall–Kier alpha value is -3.25. The molecule has 1 heterocycles. The molecule has 2 N–H and O–H groups in total. The number of likely N-dealkylation sites (tertiary alicyclic amines) is 1. The molecule has 1 fully saturated rings. The Morgan fingerprint density at radius 2 is 1.67 bits per heavy atom. The van der Waals surface area contributed by atoms with Gasteiger partial charge in [0.05, 0.1) is 6.04 Å². The second-order valence-corrected chi connectivity index (χ2v) is 7.50. The molecule has 0 unspecified atom stereocenters. The topological polar surface area (TPSA) is 61.4 Å². The first-order valence-electron chi connectivity index (χ1n) is 10.2. The third-order valence-electron chi connectivity index (χ3n) is 5.51. The first-order chi connectivity index (χ1) is 14.6. The first-order valence-corrected chi connectivity index (χ1v) is 10.2. The van der Waals surface area contributed by atoms with Gasteiger partial charge in [-0.2, -0.15) is 0 Å². The summed E-state index contributed by atoms with van der Waals surface area (Å²) in [5.74, 6) is -2.01. The van der Waals surface area contributed by atoms with Gasteiger partial charge >= 0.3 is 11.8 Å². The van der Waals surface area contributed by atoms with Crippen molar-refractivity contribution in [2.45, 2.75) is 18.9 Å². The standard InChI is InChI=1S/C24H24FN3O2/c25-18-9-6-10-19(15-18)27-24(30)23(29)26-16-22(28-13-3-4-14-28)21-12-5-8-17-7-1-2-11-20(17)21/h1-2,5-12,15,22H,3-4,13-14,16H2,(H,26,29)(H,27,30)/t22-/m1/s1. The first kappa shape index (κ1) is 20.0.